The van der Waals surface area contributed by atoms with Gasteiger partial charge in [0.05, 0.1) is 14.2 Å². The average Bonchev–Trinajstić information content (AvgIpc) is 2.70. The summed E-state index contributed by atoms with van der Waals surface area (Å²) in [4.78, 5) is 0. The fourth-order valence-corrected chi connectivity index (χ4v) is 3.71. The molecule has 1 fully saturated rings. The van der Waals surface area contributed by atoms with Gasteiger partial charge >= 0.3 is 0 Å². The largest absolute Gasteiger partial charge is 0.496 e. The van der Waals surface area contributed by atoms with Crippen LogP contribution in [-0.2, 0) is 0 Å². The van der Waals surface area contributed by atoms with E-state index >= 15 is 0 Å². The van der Waals surface area contributed by atoms with Gasteiger partial charge in [0.25, 0.3) is 0 Å². The second-order valence-corrected chi connectivity index (χ2v) is 6.81. The average molecular weight is 376 g/mol. The SMILES string of the molecule is COc1cc(C=Cc2cc(F)c(F)c(F)c2)cc(OC)c1C1CCCCC1. The third-order valence-corrected chi connectivity index (χ3v) is 5.05. The van der Waals surface area contributed by atoms with Gasteiger partial charge in [0.15, 0.2) is 17.5 Å². The van der Waals surface area contributed by atoms with Crippen molar-refractivity contribution >= 4 is 12.2 Å². The van der Waals surface area contributed by atoms with Crippen LogP contribution in [0.1, 0.15) is 54.7 Å². The van der Waals surface area contributed by atoms with E-state index in [2.05, 4.69) is 0 Å². The highest BCUT2D eigenvalue weighted by Gasteiger charge is 2.23. The molecule has 2 nitrogen and oxygen atoms in total. The molecule has 3 rings (SSSR count). The van der Waals surface area contributed by atoms with Crippen molar-refractivity contribution in [3.05, 3.63) is 58.4 Å². The second kappa shape index (κ2) is 8.51. The molecular formula is C22H23F3O2. The van der Waals surface area contributed by atoms with Gasteiger partial charge in [0.2, 0.25) is 0 Å². The molecule has 0 atom stereocenters. The van der Waals surface area contributed by atoms with Crippen molar-refractivity contribution in [2.45, 2.75) is 38.0 Å². The fourth-order valence-electron chi connectivity index (χ4n) is 3.71. The van der Waals surface area contributed by atoms with Crippen LogP contribution in [-0.4, -0.2) is 14.2 Å². The number of ether oxygens (including phenoxy) is 2. The highest BCUT2D eigenvalue weighted by atomic mass is 19.2. The predicted octanol–water partition coefficient (Wildman–Crippen LogP) is 6.34. The van der Waals surface area contributed by atoms with Gasteiger partial charge in [-0.3, -0.25) is 0 Å². The summed E-state index contributed by atoms with van der Waals surface area (Å²) in [6, 6.07) is 5.69. The lowest BCUT2D eigenvalue weighted by molar-refractivity contribution is 0.359. The van der Waals surface area contributed by atoms with Crippen LogP contribution in [0.2, 0.25) is 0 Å². The smallest absolute Gasteiger partial charge is 0.194 e. The number of methoxy groups -OCH3 is 2. The van der Waals surface area contributed by atoms with Gasteiger partial charge < -0.3 is 9.47 Å². The molecule has 0 saturated heterocycles. The summed E-state index contributed by atoms with van der Waals surface area (Å²) in [5, 5.41) is 0. The Hall–Kier alpha value is -2.43. The molecule has 0 spiro atoms. The molecule has 2 aromatic rings. The zero-order valence-electron chi connectivity index (χ0n) is 15.5. The number of rotatable bonds is 5. The van der Waals surface area contributed by atoms with Crippen molar-refractivity contribution in [1.29, 1.82) is 0 Å². The molecule has 0 N–H and O–H groups in total. The van der Waals surface area contributed by atoms with E-state index in [-0.39, 0.29) is 5.56 Å². The van der Waals surface area contributed by atoms with E-state index in [4.69, 9.17) is 9.47 Å². The lowest BCUT2D eigenvalue weighted by Crippen LogP contribution is -2.08. The lowest BCUT2D eigenvalue weighted by Gasteiger charge is -2.26. The Labute approximate surface area is 157 Å². The molecule has 0 amide bonds. The van der Waals surface area contributed by atoms with Gasteiger partial charge in [-0.2, -0.15) is 0 Å². The van der Waals surface area contributed by atoms with Crippen LogP contribution in [0.5, 0.6) is 11.5 Å². The van der Waals surface area contributed by atoms with Crippen LogP contribution >= 0.6 is 0 Å². The Morgan fingerprint density at radius 1 is 0.778 bits per heavy atom. The van der Waals surface area contributed by atoms with E-state index in [0.717, 1.165) is 47.6 Å². The summed E-state index contributed by atoms with van der Waals surface area (Å²) in [5.41, 5.74) is 2.09. The number of benzene rings is 2. The number of hydrogen-bond donors (Lipinski definition) is 0. The Balaban J connectivity index is 1.94. The standard InChI is InChI=1S/C22H23F3O2/c1-26-19-12-15(9-8-14-10-17(23)22(25)18(24)11-14)13-20(27-2)21(19)16-6-4-3-5-7-16/h8-13,16H,3-7H2,1-2H3. The van der Waals surface area contributed by atoms with Gasteiger partial charge in [0.1, 0.15) is 11.5 Å². The Morgan fingerprint density at radius 3 is 1.74 bits per heavy atom. The molecule has 5 heteroatoms. The zero-order chi connectivity index (χ0) is 19.4. The third kappa shape index (κ3) is 4.29. The summed E-state index contributed by atoms with van der Waals surface area (Å²) in [6.07, 6.45) is 9.08. The summed E-state index contributed by atoms with van der Waals surface area (Å²) >= 11 is 0. The highest BCUT2D eigenvalue weighted by molar-refractivity contribution is 5.72. The van der Waals surface area contributed by atoms with Crippen LogP contribution in [0, 0.1) is 17.5 Å². The Bertz CT molecular complexity index is 791. The normalized spacial score (nSPS) is 15.3. The van der Waals surface area contributed by atoms with E-state index in [9.17, 15) is 13.2 Å². The molecule has 0 radical (unpaired) electrons. The summed E-state index contributed by atoms with van der Waals surface area (Å²) in [6.45, 7) is 0. The van der Waals surface area contributed by atoms with Crippen LogP contribution in [0.3, 0.4) is 0 Å². The van der Waals surface area contributed by atoms with Crippen molar-refractivity contribution in [3.63, 3.8) is 0 Å². The molecule has 0 aliphatic heterocycles. The molecule has 0 aromatic heterocycles. The van der Waals surface area contributed by atoms with E-state index in [1.807, 2.05) is 12.1 Å². The summed E-state index contributed by atoms with van der Waals surface area (Å²) in [7, 11) is 3.25. The van der Waals surface area contributed by atoms with Crippen molar-refractivity contribution in [3.8, 4) is 11.5 Å². The molecule has 0 bridgehead atoms. The van der Waals surface area contributed by atoms with Crippen LogP contribution in [0.25, 0.3) is 12.2 Å². The quantitative estimate of drug-likeness (QED) is 0.448. The zero-order valence-corrected chi connectivity index (χ0v) is 15.5. The monoisotopic (exact) mass is 376 g/mol. The Morgan fingerprint density at radius 2 is 1.26 bits per heavy atom. The van der Waals surface area contributed by atoms with Crippen LogP contribution in [0.4, 0.5) is 13.2 Å². The number of hydrogen-bond acceptors (Lipinski definition) is 2. The summed E-state index contributed by atoms with van der Waals surface area (Å²) in [5.74, 6) is -1.99. The third-order valence-electron chi connectivity index (χ3n) is 5.05. The lowest BCUT2D eigenvalue weighted by atomic mass is 9.82. The van der Waals surface area contributed by atoms with E-state index in [1.165, 1.54) is 25.3 Å². The van der Waals surface area contributed by atoms with Crippen molar-refractivity contribution < 1.29 is 22.6 Å². The molecule has 0 heterocycles. The van der Waals surface area contributed by atoms with Crippen molar-refractivity contribution in [2.75, 3.05) is 14.2 Å². The second-order valence-electron chi connectivity index (χ2n) is 6.81. The number of halogens is 3. The first kappa shape index (κ1) is 19.3. The molecule has 1 aliphatic rings. The maximum atomic E-state index is 13.4. The maximum absolute atomic E-state index is 13.4. The molecule has 144 valence electrons. The molecule has 1 saturated carbocycles. The predicted molar refractivity (Wildman–Crippen MR) is 101 cm³/mol. The minimum atomic E-state index is -1.47. The van der Waals surface area contributed by atoms with E-state index < -0.39 is 17.5 Å². The van der Waals surface area contributed by atoms with Gasteiger partial charge in [-0.15, -0.1) is 0 Å². The fraction of sp³-hybridized carbons (Fsp3) is 0.364. The molecule has 2 aromatic carbocycles. The van der Waals surface area contributed by atoms with Gasteiger partial charge in [-0.25, -0.2) is 13.2 Å². The minimum Gasteiger partial charge on any atom is -0.496 e. The minimum absolute atomic E-state index is 0.237. The highest BCUT2D eigenvalue weighted by Crippen LogP contribution is 2.43. The van der Waals surface area contributed by atoms with Gasteiger partial charge in [-0.05, 0) is 54.2 Å². The first-order chi connectivity index (χ1) is 13.0. The molecule has 0 unspecified atom stereocenters. The Kier molecular flexibility index (Phi) is 6.09. The van der Waals surface area contributed by atoms with Crippen molar-refractivity contribution in [2.24, 2.45) is 0 Å². The van der Waals surface area contributed by atoms with Gasteiger partial charge in [0, 0.05) is 5.56 Å². The summed E-state index contributed by atoms with van der Waals surface area (Å²) < 4.78 is 51.0. The van der Waals surface area contributed by atoms with E-state index in [0.29, 0.717) is 5.92 Å². The first-order valence-corrected chi connectivity index (χ1v) is 9.12. The van der Waals surface area contributed by atoms with Crippen LogP contribution in [0.15, 0.2) is 24.3 Å². The van der Waals surface area contributed by atoms with Gasteiger partial charge in [-0.1, -0.05) is 31.4 Å². The molecule has 1 aliphatic carbocycles. The van der Waals surface area contributed by atoms with Crippen molar-refractivity contribution in [1.82, 2.24) is 0 Å². The maximum Gasteiger partial charge on any atom is 0.194 e. The van der Waals surface area contributed by atoms with Crippen LogP contribution < -0.4 is 9.47 Å². The molecule has 27 heavy (non-hydrogen) atoms. The molecular weight excluding hydrogens is 353 g/mol. The van der Waals surface area contributed by atoms with E-state index in [1.54, 1.807) is 20.3 Å². The topological polar surface area (TPSA) is 18.5 Å². The first-order valence-electron chi connectivity index (χ1n) is 9.12.